The van der Waals surface area contributed by atoms with Gasteiger partial charge >= 0.3 is 0 Å². The summed E-state index contributed by atoms with van der Waals surface area (Å²) >= 11 is 24.4. The van der Waals surface area contributed by atoms with Gasteiger partial charge in [-0.3, -0.25) is 9.59 Å². The second-order valence-corrected chi connectivity index (χ2v) is 9.53. The van der Waals surface area contributed by atoms with Gasteiger partial charge in [0.25, 0.3) is 0 Å². The normalized spacial score (nSPS) is 20.0. The van der Waals surface area contributed by atoms with Crippen LogP contribution in [0.2, 0.25) is 20.1 Å². The Morgan fingerprint density at radius 1 is 0.844 bits per heavy atom. The molecule has 1 aliphatic heterocycles. The Morgan fingerprint density at radius 2 is 1.31 bits per heavy atom. The zero-order chi connectivity index (χ0) is 23.0. The fourth-order valence-electron chi connectivity index (χ4n) is 4.38. The van der Waals surface area contributed by atoms with Crippen molar-refractivity contribution in [3.63, 3.8) is 0 Å². The molecule has 2 aromatic rings. The maximum atomic E-state index is 13.3. The van der Waals surface area contributed by atoms with Crippen molar-refractivity contribution >= 4 is 70.2 Å². The molecule has 0 aromatic heterocycles. The van der Waals surface area contributed by atoms with Crippen LogP contribution in [0.5, 0.6) is 0 Å². The largest absolute Gasteiger partial charge is 0.339 e. The Bertz CT molecular complexity index is 1120. The van der Waals surface area contributed by atoms with Crippen LogP contribution in [-0.2, 0) is 9.59 Å². The molecule has 1 spiro atoms. The van der Waals surface area contributed by atoms with Crippen LogP contribution in [0.4, 0.5) is 0 Å². The SMILES string of the molecule is C=CC(=O)N1CCC2(CC1)/C(=C\c1ccc(Cl)c(Cl)c1)C(=O)/C2=C/c1ccc(Cl)c(Cl)c1. The van der Waals surface area contributed by atoms with Crippen molar-refractivity contribution in [2.24, 2.45) is 5.41 Å². The topological polar surface area (TPSA) is 37.4 Å². The first-order valence-corrected chi connectivity index (χ1v) is 11.6. The van der Waals surface area contributed by atoms with Crippen LogP contribution in [0.3, 0.4) is 0 Å². The van der Waals surface area contributed by atoms with E-state index in [4.69, 9.17) is 46.4 Å². The number of allylic oxidation sites excluding steroid dienone is 2. The molecule has 2 aromatic carbocycles. The lowest BCUT2D eigenvalue weighted by atomic mass is 9.54. The first kappa shape index (κ1) is 23.1. The Labute approximate surface area is 206 Å². The van der Waals surface area contributed by atoms with Gasteiger partial charge in [-0.15, -0.1) is 0 Å². The fraction of sp³-hybridized carbons (Fsp3) is 0.200. The molecule has 0 bridgehead atoms. The predicted octanol–water partition coefficient (Wildman–Crippen LogP) is 7.14. The van der Waals surface area contributed by atoms with Gasteiger partial charge in [0.15, 0.2) is 5.78 Å². The lowest BCUT2D eigenvalue weighted by Crippen LogP contribution is -2.52. The van der Waals surface area contributed by atoms with E-state index in [1.807, 2.05) is 24.3 Å². The average Bonchev–Trinajstić information content (AvgIpc) is 2.80. The maximum Gasteiger partial charge on any atom is 0.245 e. The van der Waals surface area contributed by atoms with Crippen molar-refractivity contribution in [2.75, 3.05) is 13.1 Å². The van der Waals surface area contributed by atoms with Crippen molar-refractivity contribution in [2.45, 2.75) is 12.8 Å². The van der Waals surface area contributed by atoms with Crippen molar-refractivity contribution in [3.8, 4) is 0 Å². The van der Waals surface area contributed by atoms with E-state index in [0.717, 1.165) is 11.1 Å². The highest BCUT2D eigenvalue weighted by atomic mass is 35.5. The highest BCUT2D eigenvalue weighted by Crippen LogP contribution is 2.56. The molecule has 0 atom stereocenters. The van der Waals surface area contributed by atoms with Crippen LogP contribution in [0.15, 0.2) is 60.2 Å². The van der Waals surface area contributed by atoms with Gasteiger partial charge in [-0.05, 0) is 66.5 Å². The van der Waals surface area contributed by atoms with E-state index >= 15 is 0 Å². The van der Waals surface area contributed by atoms with E-state index < -0.39 is 5.41 Å². The van der Waals surface area contributed by atoms with Crippen LogP contribution in [0, 0.1) is 5.41 Å². The fourth-order valence-corrected chi connectivity index (χ4v) is 5.00. The van der Waals surface area contributed by atoms with Crippen LogP contribution in [-0.4, -0.2) is 29.7 Å². The molecule has 1 amide bonds. The smallest absolute Gasteiger partial charge is 0.245 e. The standard InChI is InChI=1S/C25H19Cl4NO2/c1-2-23(31)30-9-7-25(8-10-30)17(11-15-3-5-19(26)21(28)13-15)24(32)18(25)12-16-4-6-20(27)22(29)14-16/h2-6,11-14H,1,7-10H2/b17-11-,18-12-. The molecule has 164 valence electrons. The number of hydrogen-bond acceptors (Lipinski definition) is 2. The number of amides is 1. The zero-order valence-electron chi connectivity index (χ0n) is 17.0. The number of carbonyl (C=O) groups excluding carboxylic acids is 2. The summed E-state index contributed by atoms with van der Waals surface area (Å²) in [6.45, 7) is 4.65. The summed E-state index contributed by atoms with van der Waals surface area (Å²) in [7, 11) is 0. The Hall–Kier alpha value is -2.04. The van der Waals surface area contributed by atoms with Crippen molar-refractivity contribution in [1.82, 2.24) is 4.90 Å². The highest BCUT2D eigenvalue weighted by molar-refractivity contribution is 6.42. The number of piperidine rings is 1. The molecule has 4 rings (SSSR count). The van der Waals surface area contributed by atoms with E-state index in [1.54, 1.807) is 29.2 Å². The van der Waals surface area contributed by atoms with Gasteiger partial charge in [0.1, 0.15) is 0 Å². The lowest BCUT2D eigenvalue weighted by molar-refractivity contribution is -0.128. The molecule has 1 saturated heterocycles. The second kappa shape index (κ2) is 9.07. The summed E-state index contributed by atoms with van der Waals surface area (Å²) in [5.74, 6) is -0.124. The Kier molecular flexibility index (Phi) is 6.56. The van der Waals surface area contributed by atoms with Gasteiger partial charge in [-0.1, -0.05) is 65.1 Å². The molecule has 2 aliphatic rings. The average molecular weight is 507 g/mol. The van der Waals surface area contributed by atoms with E-state index in [-0.39, 0.29) is 11.7 Å². The quantitative estimate of drug-likeness (QED) is 0.414. The Morgan fingerprint density at radius 3 is 1.72 bits per heavy atom. The molecule has 2 fully saturated rings. The molecule has 1 saturated carbocycles. The van der Waals surface area contributed by atoms with Gasteiger partial charge in [0, 0.05) is 29.7 Å². The number of ketones is 1. The van der Waals surface area contributed by atoms with E-state index in [0.29, 0.717) is 57.2 Å². The van der Waals surface area contributed by atoms with Crippen LogP contribution >= 0.6 is 46.4 Å². The molecule has 1 heterocycles. The van der Waals surface area contributed by atoms with E-state index in [1.165, 1.54) is 6.08 Å². The third-order valence-electron chi connectivity index (χ3n) is 6.13. The summed E-state index contributed by atoms with van der Waals surface area (Å²) in [5.41, 5.74) is 2.59. The van der Waals surface area contributed by atoms with Gasteiger partial charge < -0.3 is 4.90 Å². The predicted molar refractivity (Wildman–Crippen MR) is 132 cm³/mol. The first-order chi connectivity index (χ1) is 15.2. The van der Waals surface area contributed by atoms with Gasteiger partial charge in [0.05, 0.1) is 20.1 Å². The summed E-state index contributed by atoms with van der Waals surface area (Å²) in [6.07, 6.45) is 6.35. The van der Waals surface area contributed by atoms with Crippen LogP contribution in [0.25, 0.3) is 12.2 Å². The number of carbonyl (C=O) groups is 2. The molecular weight excluding hydrogens is 488 g/mol. The van der Waals surface area contributed by atoms with Crippen LogP contribution in [0.1, 0.15) is 24.0 Å². The minimum absolute atomic E-state index is 0.0226. The van der Waals surface area contributed by atoms with Crippen molar-refractivity contribution in [1.29, 1.82) is 0 Å². The van der Waals surface area contributed by atoms with E-state index in [9.17, 15) is 9.59 Å². The summed E-state index contributed by atoms with van der Waals surface area (Å²) in [5, 5.41) is 1.78. The number of hydrogen-bond donors (Lipinski definition) is 0. The summed E-state index contributed by atoms with van der Waals surface area (Å²) in [6, 6.07) is 10.6. The Balaban J connectivity index is 1.74. The third kappa shape index (κ3) is 4.15. The molecule has 0 unspecified atom stereocenters. The minimum atomic E-state index is -0.451. The first-order valence-electron chi connectivity index (χ1n) is 10.1. The number of rotatable bonds is 3. The monoisotopic (exact) mass is 505 g/mol. The summed E-state index contributed by atoms with van der Waals surface area (Å²) in [4.78, 5) is 27.1. The molecule has 1 aliphatic carbocycles. The number of Topliss-reactive ketones (excluding diaryl/α,β-unsaturated/α-hetero) is 1. The molecule has 0 N–H and O–H groups in total. The second-order valence-electron chi connectivity index (χ2n) is 7.90. The van der Waals surface area contributed by atoms with Gasteiger partial charge in [-0.25, -0.2) is 0 Å². The molecule has 7 heteroatoms. The van der Waals surface area contributed by atoms with Crippen LogP contribution < -0.4 is 0 Å². The van der Waals surface area contributed by atoms with Gasteiger partial charge in [-0.2, -0.15) is 0 Å². The lowest BCUT2D eigenvalue weighted by Gasteiger charge is -2.50. The van der Waals surface area contributed by atoms with E-state index in [2.05, 4.69) is 6.58 Å². The third-order valence-corrected chi connectivity index (χ3v) is 7.61. The van der Waals surface area contributed by atoms with Crippen molar-refractivity contribution < 1.29 is 9.59 Å². The molecule has 0 radical (unpaired) electrons. The zero-order valence-corrected chi connectivity index (χ0v) is 20.0. The molecule has 3 nitrogen and oxygen atoms in total. The highest BCUT2D eigenvalue weighted by Gasteiger charge is 2.54. The number of nitrogens with zero attached hydrogens (tertiary/aromatic N) is 1. The number of halogens is 4. The number of benzene rings is 2. The molecular formula is C25H19Cl4NO2. The maximum absolute atomic E-state index is 13.3. The minimum Gasteiger partial charge on any atom is -0.339 e. The number of likely N-dealkylation sites (tertiary alicyclic amines) is 1. The van der Waals surface area contributed by atoms with Gasteiger partial charge in [0.2, 0.25) is 5.91 Å². The van der Waals surface area contributed by atoms with Crippen molar-refractivity contribution in [3.05, 3.63) is 91.4 Å². The molecule has 32 heavy (non-hydrogen) atoms. The summed E-state index contributed by atoms with van der Waals surface area (Å²) < 4.78 is 0.